The molecule has 0 radical (unpaired) electrons. The predicted octanol–water partition coefficient (Wildman–Crippen LogP) is 1.38. The predicted molar refractivity (Wildman–Crippen MR) is 81.2 cm³/mol. The lowest BCUT2D eigenvalue weighted by Crippen LogP contribution is -2.28. The molecule has 1 fully saturated rings. The molecular weight excluding hydrogens is 252 g/mol. The first-order chi connectivity index (χ1) is 9.65. The third-order valence-electron chi connectivity index (χ3n) is 4.14. The summed E-state index contributed by atoms with van der Waals surface area (Å²) in [5, 5.41) is 7.92. The van der Waals surface area contributed by atoms with E-state index < -0.39 is 0 Å². The van der Waals surface area contributed by atoms with E-state index in [0.717, 1.165) is 37.6 Å². The normalized spacial score (nSPS) is 16.6. The molecule has 1 N–H and O–H groups in total. The van der Waals surface area contributed by atoms with Gasteiger partial charge in [-0.05, 0) is 52.7 Å². The first-order valence-electron chi connectivity index (χ1n) is 7.56. The maximum absolute atomic E-state index is 5.46. The number of nitrogens with one attached hydrogen (secondary N) is 1. The number of aromatic nitrogens is 2. The zero-order valence-corrected chi connectivity index (χ0v) is 13.2. The first kappa shape index (κ1) is 15.3. The Morgan fingerprint density at radius 2 is 2.25 bits per heavy atom. The molecule has 2 rings (SSSR count). The molecule has 1 aliphatic carbocycles. The van der Waals surface area contributed by atoms with E-state index in [0.29, 0.717) is 6.04 Å². The summed E-state index contributed by atoms with van der Waals surface area (Å²) in [4.78, 5) is 2.18. The summed E-state index contributed by atoms with van der Waals surface area (Å²) in [7, 11) is 7.98. The van der Waals surface area contributed by atoms with Crippen LogP contribution in [-0.2, 0) is 13.0 Å². The summed E-state index contributed by atoms with van der Waals surface area (Å²) in [6.45, 7) is 1.91. The zero-order valence-electron chi connectivity index (χ0n) is 13.2. The van der Waals surface area contributed by atoms with Gasteiger partial charge in [0.2, 0.25) is 0 Å². The Labute approximate surface area is 122 Å². The van der Waals surface area contributed by atoms with Crippen molar-refractivity contribution in [1.29, 1.82) is 0 Å². The van der Waals surface area contributed by atoms with Gasteiger partial charge in [-0.25, -0.2) is 0 Å². The van der Waals surface area contributed by atoms with Crippen molar-refractivity contribution in [3.63, 3.8) is 0 Å². The van der Waals surface area contributed by atoms with Crippen LogP contribution in [0, 0.1) is 5.92 Å². The maximum atomic E-state index is 5.46. The van der Waals surface area contributed by atoms with Crippen LogP contribution in [0.25, 0.3) is 0 Å². The molecule has 1 aliphatic rings. The number of ether oxygens (including phenoxy) is 1. The molecule has 1 atom stereocenters. The average Bonchev–Trinajstić information content (AvgIpc) is 3.18. The second-order valence-corrected chi connectivity index (χ2v) is 5.96. The zero-order chi connectivity index (χ0) is 14.5. The molecule has 0 aliphatic heterocycles. The van der Waals surface area contributed by atoms with Crippen LogP contribution in [0.1, 0.15) is 25.0 Å². The van der Waals surface area contributed by atoms with E-state index in [-0.39, 0.29) is 0 Å². The summed E-state index contributed by atoms with van der Waals surface area (Å²) in [6, 6.07) is 0.636. The van der Waals surface area contributed by atoms with E-state index in [1.54, 1.807) is 7.11 Å². The first-order valence-corrected chi connectivity index (χ1v) is 7.56. The Kier molecular flexibility index (Phi) is 5.43. The number of hydrogen-bond acceptors (Lipinski definition) is 4. The molecular formula is C15H28N4O. The fourth-order valence-corrected chi connectivity index (χ4v) is 2.71. The van der Waals surface area contributed by atoms with Crippen molar-refractivity contribution in [3.05, 3.63) is 11.9 Å². The SMILES string of the molecule is CNC(CCc1c(OC)cnn1CCN(C)C)C1CC1. The Morgan fingerprint density at radius 1 is 1.50 bits per heavy atom. The standard InChI is InChI=1S/C15H28N4O/c1-16-13(12-5-6-12)7-8-14-15(20-4)11-17-19(14)10-9-18(2)3/h11-13,16H,5-10H2,1-4H3. The largest absolute Gasteiger partial charge is 0.493 e. The van der Waals surface area contributed by atoms with Crippen LogP contribution in [0.3, 0.4) is 0 Å². The number of nitrogens with zero attached hydrogens (tertiary/aromatic N) is 3. The van der Waals surface area contributed by atoms with Gasteiger partial charge in [0, 0.05) is 12.6 Å². The van der Waals surface area contributed by atoms with Gasteiger partial charge in [-0.3, -0.25) is 4.68 Å². The summed E-state index contributed by atoms with van der Waals surface area (Å²) >= 11 is 0. The van der Waals surface area contributed by atoms with Gasteiger partial charge in [0.25, 0.3) is 0 Å². The van der Waals surface area contributed by atoms with E-state index in [1.807, 2.05) is 6.20 Å². The van der Waals surface area contributed by atoms with Gasteiger partial charge < -0.3 is 15.0 Å². The minimum atomic E-state index is 0.636. The van der Waals surface area contributed by atoms with Crippen molar-refractivity contribution >= 4 is 0 Å². The van der Waals surface area contributed by atoms with Crippen LogP contribution in [-0.4, -0.2) is 55.5 Å². The van der Waals surface area contributed by atoms with Crippen molar-refractivity contribution in [2.75, 3.05) is 34.8 Å². The van der Waals surface area contributed by atoms with E-state index >= 15 is 0 Å². The minimum Gasteiger partial charge on any atom is -0.493 e. The van der Waals surface area contributed by atoms with Crippen molar-refractivity contribution in [2.24, 2.45) is 5.92 Å². The summed E-state index contributed by atoms with van der Waals surface area (Å²) in [5.74, 6) is 1.80. The molecule has 1 unspecified atom stereocenters. The monoisotopic (exact) mass is 280 g/mol. The molecule has 0 amide bonds. The third kappa shape index (κ3) is 3.96. The lowest BCUT2D eigenvalue weighted by molar-refractivity contribution is 0.362. The lowest BCUT2D eigenvalue weighted by Gasteiger charge is -2.17. The Hall–Kier alpha value is -1.07. The topological polar surface area (TPSA) is 42.3 Å². The van der Waals surface area contributed by atoms with Crippen LogP contribution >= 0.6 is 0 Å². The molecule has 0 saturated heterocycles. The Balaban J connectivity index is 1.97. The third-order valence-corrected chi connectivity index (χ3v) is 4.14. The van der Waals surface area contributed by atoms with E-state index in [2.05, 4.69) is 41.1 Å². The van der Waals surface area contributed by atoms with E-state index in [9.17, 15) is 0 Å². The number of hydrogen-bond donors (Lipinski definition) is 1. The van der Waals surface area contributed by atoms with Crippen LogP contribution in [0.15, 0.2) is 6.20 Å². The molecule has 0 bridgehead atoms. The van der Waals surface area contributed by atoms with Gasteiger partial charge >= 0.3 is 0 Å². The van der Waals surface area contributed by atoms with Crippen molar-refractivity contribution in [3.8, 4) is 5.75 Å². The number of rotatable bonds is 9. The average molecular weight is 280 g/mol. The molecule has 114 valence electrons. The van der Waals surface area contributed by atoms with Gasteiger partial charge in [0.1, 0.15) is 0 Å². The van der Waals surface area contributed by atoms with Gasteiger partial charge in [-0.2, -0.15) is 5.10 Å². The van der Waals surface area contributed by atoms with Crippen LogP contribution < -0.4 is 10.1 Å². The highest BCUT2D eigenvalue weighted by atomic mass is 16.5. The minimum absolute atomic E-state index is 0.636. The fraction of sp³-hybridized carbons (Fsp3) is 0.800. The van der Waals surface area contributed by atoms with Crippen molar-refractivity contribution in [1.82, 2.24) is 20.0 Å². The highest BCUT2D eigenvalue weighted by Crippen LogP contribution is 2.34. The molecule has 5 nitrogen and oxygen atoms in total. The van der Waals surface area contributed by atoms with Crippen LogP contribution in [0.5, 0.6) is 5.75 Å². The molecule has 0 spiro atoms. The lowest BCUT2D eigenvalue weighted by atomic mass is 10.1. The second-order valence-electron chi connectivity index (χ2n) is 5.96. The van der Waals surface area contributed by atoms with E-state index in [4.69, 9.17) is 4.74 Å². The van der Waals surface area contributed by atoms with Gasteiger partial charge in [0.05, 0.1) is 25.5 Å². The molecule has 20 heavy (non-hydrogen) atoms. The molecule has 5 heteroatoms. The molecule has 1 heterocycles. The summed E-state index contributed by atoms with van der Waals surface area (Å²) < 4.78 is 7.55. The Morgan fingerprint density at radius 3 is 2.80 bits per heavy atom. The van der Waals surface area contributed by atoms with Gasteiger partial charge in [0.15, 0.2) is 5.75 Å². The van der Waals surface area contributed by atoms with Gasteiger partial charge in [-0.15, -0.1) is 0 Å². The quantitative estimate of drug-likeness (QED) is 0.742. The Bertz CT molecular complexity index is 412. The van der Waals surface area contributed by atoms with Crippen LogP contribution in [0.4, 0.5) is 0 Å². The summed E-state index contributed by atoms with van der Waals surface area (Å²) in [5.41, 5.74) is 1.23. The smallest absolute Gasteiger partial charge is 0.159 e. The fourth-order valence-electron chi connectivity index (χ4n) is 2.71. The molecule has 1 saturated carbocycles. The number of likely N-dealkylation sites (N-methyl/N-ethyl adjacent to an activating group) is 1. The highest BCUT2D eigenvalue weighted by molar-refractivity contribution is 5.25. The molecule has 1 aromatic heterocycles. The molecule has 0 aromatic carbocycles. The van der Waals surface area contributed by atoms with Gasteiger partial charge in [-0.1, -0.05) is 0 Å². The maximum Gasteiger partial charge on any atom is 0.159 e. The molecule has 1 aromatic rings. The highest BCUT2D eigenvalue weighted by Gasteiger charge is 2.30. The second kappa shape index (κ2) is 7.09. The van der Waals surface area contributed by atoms with Crippen molar-refractivity contribution in [2.45, 2.75) is 38.3 Å². The van der Waals surface area contributed by atoms with Crippen LogP contribution in [0.2, 0.25) is 0 Å². The number of methoxy groups -OCH3 is 1. The summed E-state index contributed by atoms with van der Waals surface area (Å²) in [6.07, 6.45) is 6.78. The van der Waals surface area contributed by atoms with Crippen molar-refractivity contribution < 1.29 is 4.74 Å². The van der Waals surface area contributed by atoms with E-state index in [1.165, 1.54) is 18.5 Å².